The van der Waals surface area contributed by atoms with E-state index in [1.807, 2.05) is 37.3 Å². The van der Waals surface area contributed by atoms with Crippen LogP contribution in [0.3, 0.4) is 0 Å². The summed E-state index contributed by atoms with van der Waals surface area (Å²) in [6.45, 7) is 1.96. The van der Waals surface area contributed by atoms with Crippen LogP contribution < -0.4 is 10.0 Å². The molecule has 1 aromatic carbocycles. The van der Waals surface area contributed by atoms with Crippen molar-refractivity contribution in [3.05, 3.63) is 54.4 Å². The molecule has 3 aromatic rings. The summed E-state index contributed by atoms with van der Waals surface area (Å²) in [5.74, 6) is 1.37. The Hall–Kier alpha value is -2.38. The summed E-state index contributed by atoms with van der Waals surface area (Å²) in [4.78, 5) is 4.27. The Morgan fingerprint density at radius 3 is 2.61 bits per heavy atom. The van der Waals surface area contributed by atoms with Gasteiger partial charge in [0, 0.05) is 11.6 Å². The third-order valence-electron chi connectivity index (χ3n) is 3.55. The zero-order valence-corrected chi connectivity index (χ0v) is 13.6. The Labute approximate surface area is 134 Å². The van der Waals surface area contributed by atoms with Crippen molar-refractivity contribution >= 4 is 26.8 Å². The van der Waals surface area contributed by atoms with Crippen LogP contribution in [0.2, 0.25) is 0 Å². The molecule has 6 nitrogen and oxygen atoms in total. The standard InChI is InChI=1S/C16H17N3O3S/c1-11(15-9-12-5-3-4-6-14(12)22-15)19-16-8-7-13(10-18-16)23(20,21)17-2/h3-11,17H,1-2H3,(H,18,19)/t11-/m1/s1. The van der Waals surface area contributed by atoms with Gasteiger partial charge in [-0.3, -0.25) is 0 Å². The fourth-order valence-electron chi connectivity index (χ4n) is 2.25. The van der Waals surface area contributed by atoms with Crippen molar-refractivity contribution in [2.75, 3.05) is 12.4 Å². The van der Waals surface area contributed by atoms with E-state index >= 15 is 0 Å². The topological polar surface area (TPSA) is 84.2 Å². The summed E-state index contributed by atoms with van der Waals surface area (Å²) >= 11 is 0. The molecule has 23 heavy (non-hydrogen) atoms. The van der Waals surface area contributed by atoms with Crippen LogP contribution in [0.25, 0.3) is 11.0 Å². The molecule has 2 heterocycles. The first kappa shape index (κ1) is 15.5. The highest BCUT2D eigenvalue weighted by atomic mass is 32.2. The number of rotatable bonds is 5. The number of anilines is 1. The molecule has 0 amide bonds. The van der Waals surface area contributed by atoms with Crippen LogP contribution >= 0.6 is 0 Å². The molecular formula is C16H17N3O3S. The van der Waals surface area contributed by atoms with E-state index in [-0.39, 0.29) is 10.9 Å². The molecular weight excluding hydrogens is 314 g/mol. The van der Waals surface area contributed by atoms with E-state index in [0.717, 1.165) is 16.7 Å². The third-order valence-corrected chi connectivity index (χ3v) is 4.95. The van der Waals surface area contributed by atoms with Crippen molar-refractivity contribution < 1.29 is 12.8 Å². The third kappa shape index (κ3) is 3.20. The largest absolute Gasteiger partial charge is 0.459 e. The van der Waals surface area contributed by atoms with Crippen molar-refractivity contribution in [1.82, 2.24) is 9.71 Å². The van der Waals surface area contributed by atoms with E-state index in [0.29, 0.717) is 5.82 Å². The highest BCUT2D eigenvalue weighted by Gasteiger charge is 2.14. The number of sulfonamides is 1. The first-order valence-electron chi connectivity index (χ1n) is 7.14. The van der Waals surface area contributed by atoms with Gasteiger partial charge in [-0.1, -0.05) is 18.2 Å². The molecule has 7 heteroatoms. The molecule has 1 atom stereocenters. The fourth-order valence-corrected chi connectivity index (χ4v) is 2.93. The van der Waals surface area contributed by atoms with Gasteiger partial charge in [0.25, 0.3) is 0 Å². The molecule has 0 bridgehead atoms. The van der Waals surface area contributed by atoms with Gasteiger partial charge in [-0.25, -0.2) is 18.1 Å². The summed E-state index contributed by atoms with van der Waals surface area (Å²) in [6.07, 6.45) is 1.32. The Morgan fingerprint density at radius 2 is 1.96 bits per heavy atom. The first-order chi connectivity index (χ1) is 11.0. The van der Waals surface area contributed by atoms with E-state index in [9.17, 15) is 8.42 Å². The number of furan rings is 1. The number of pyridine rings is 1. The van der Waals surface area contributed by atoms with E-state index in [4.69, 9.17) is 4.42 Å². The predicted octanol–water partition coefficient (Wildman–Crippen LogP) is 2.91. The second-order valence-electron chi connectivity index (χ2n) is 5.14. The van der Waals surface area contributed by atoms with Crippen molar-refractivity contribution in [3.63, 3.8) is 0 Å². The van der Waals surface area contributed by atoms with Crippen LogP contribution in [-0.2, 0) is 10.0 Å². The monoisotopic (exact) mass is 331 g/mol. The molecule has 2 N–H and O–H groups in total. The lowest BCUT2D eigenvalue weighted by atomic mass is 10.2. The van der Waals surface area contributed by atoms with Crippen molar-refractivity contribution in [2.24, 2.45) is 0 Å². The molecule has 0 aliphatic heterocycles. The lowest BCUT2D eigenvalue weighted by molar-refractivity contribution is 0.525. The predicted molar refractivity (Wildman–Crippen MR) is 88.7 cm³/mol. The molecule has 0 saturated carbocycles. The summed E-state index contributed by atoms with van der Waals surface area (Å²) in [5.41, 5.74) is 0.833. The number of nitrogens with one attached hydrogen (secondary N) is 2. The number of nitrogens with zero attached hydrogens (tertiary/aromatic N) is 1. The van der Waals surface area contributed by atoms with Crippen LogP contribution in [0.5, 0.6) is 0 Å². The van der Waals surface area contributed by atoms with Gasteiger partial charge in [0.15, 0.2) is 0 Å². The van der Waals surface area contributed by atoms with Crippen LogP contribution in [-0.4, -0.2) is 20.4 Å². The molecule has 0 unspecified atom stereocenters. The molecule has 120 valence electrons. The second-order valence-corrected chi connectivity index (χ2v) is 7.03. The minimum absolute atomic E-state index is 0.0957. The average molecular weight is 331 g/mol. The highest BCUT2D eigenvalue weighted by Crippen LogP contribution is 2.25. The minimum Gasteiger partial charge on any atom is -0.459 e. The van der Waals surface area contributed by atoms with Crippen molar-refractivity contribution in [3.8, 4) is 0 Å². The molecule has 0 saturated heterocycles. The highest BCUT2D eigenvalue weighted by molar-refractivity contribution is 7.89. The van der Waals surface area contributed by atoms with Crippen molar-refractivity contribution in [1.29, 1.82) is 0 Å². The van der Waals surface area contributed by atoms with E-state index < -0.39 is 10.0 Å². The quantitative estimate of drug-likeness (QED) is 0.751. The zero-order chi connectivity index (χ0) is 16.4. The smallest absolute Gasteiger partial charge is 0.241 e. The normalized spacial score (nSPS) is 13.1. The summed E-state index contributed by atoms with van der Waals surface area (Å²) in [5, 5.41) is 4.24. The van der Waals surface area contributed by atoms with Gasteiger partial charge < -0.3 is 9.73 Å². The number of hydrogen-bond donors (Lipinski definition) is 2. The maximum absolute atomic E-state index is 11.7. The van der Waals surface area contributed by atoms with Gasteiger partial charge in [-0.05, 0) is 38.2 Å². The summed E-state index contributed by atoms with van der Waals surface area (Å²) in [7, 11) is -2.11. The number of fused-ring (bicyclic) bond motifs is 1. The van der Waals surface area contributed by atoms with Crippen LogP contribution in [0.1, 0.15) is 18.7 Å². The van der Waals surface area contributed by atoms with Crippen LogP contribution in [0, 0.1) is 0 Å². The second kappa shape index (κ2) is 6.02. The lowest BCUT2D eigenvalue weighted by Gasteiger charge is -2.12. The molecule has 3 rings (SSSR count). The Balaban J connectivity index is 1.78. The molecule has 0 aliphatic rings. The first-order valence-corrected chi connectivity index (χ1v) is 8.62. The van der Waals surface area contributed by atoms with E-state index in [1.165, 1.54) is 19.3 Å². The SMILES string of the molecule is CNS(=O)(=O)c1ccc(N[C@H](C)c2cc3ccccc3o2)nc1. The molecule has 0 spiro atoms. The van der Waals surface area contributed by atoms with Gasteiger partial charge >= 0.3 is 0 Å². The Kier molecular flexibility index (Phi) is 4.06. The van der Waals surface area contributed by atoms with Gasteiger partial charge in [-0.2, -0.15) is 0 Å². The maximum Gasteiger partial charge on any atom is 0.241 e. The maximum atomic E-state index is 11.7. The molecule has 2 aromatic heterocycles. The molecule has 0 radical (unpaired) electrons. The number of para-hydroxylation sites is 1. The number of benzene rings is 1. The van der Waals surface area contributed by atoms with Gasteiger partial charge in [0.1, 0.15) is 22.1 Å². The minimum atomic E-state index is -3.47. The number of aromatic nitrogens is 1. The van der Waals surface area contributed by atoms with Crippen LogP contribution in [0.15, 0.2) is 58.0 Å². The van der Waals surface area contributed by atoms with Crippen molar-refractivity contribution in [2.45, 2.75) is 17.9 Å². The lowest BCUT2D eigenvalue weighted by Crippen LogP contribution is -2.18. The Bertz CT molecular complexity index is 884. The van der Waals surface area contributed by atoms with E-state index in [1.54, 1.807) is 6.07 Å². The molecule has 0 fully saturated rings. The molecule has 0 aliphatic carbocycles. The zero-order valence-electron chi connectivity index (χ0n) is 12.8. The Morgan fingerprint density at radius 1 is 1.17 bits per heavy atom. The average Bonchev–Trinajstić information content (AvgIpc) is 2.99. The van der Waals surface area contributed by atoms with Crippen LogP contribution in [0.4, 0.5) is 5.82 Å². The van der Waals surface area contributed by atoms with Gasteiger partial charge in [0.05, 0.1) is 6.04 Å². The fraction of sp³-hybridized carbons (Fsp3) is 0.188. The van der Waals surface area contributed by atoms with E-state index in [2.05, 4.69) is 15.0 Å². The van der Waals surface area contributed by atoms with Gasteiger partial charge in [-0.15, -0.1) is 0 Å². The summed E-state index contributed by atoms with van der Waals surface area (Å²) < 4.78 is 31.4. The number of hydrogen-bond acceptors (Lipinski definition) is 5. The summed E-state index contributed by atoms with van der Waals surface area (Å²) in [6, 6.07) is 12.8. The van der Waals surface area contributed by atoms with Gasteiger partial charge in [0.2, 0.25) is 10.0 Å².